The molecule has 0 amide bonds. The van der Waals surface area contributed by atoms with E-state index in [0.29, 0.717) is 46.1 Å². The van der Waals surface area contributed by atoms with Gasteiger partial charge in [0, 0.05) is 29.9 Å². The third-order valence-corrected chi connectivity index (χ3v) is 5.80. The summed E-state index contributed by atoms with van der Waals surface area (Å²) in [6, 6.07) is 18.8. The molecule has 2 aromatic carbocycles. The molecule has 1 N–H and O–H groups in total. The standard InChI is InChI=1S/C27H24F2N6O2/c1-36-19-10-8-17(9-11-19)13-30-27-22(37-2)12-21-26(33-27)25(32-16-31-21)20-14-35(15-23(28)29)34-24(20)18-6-4-3-5-7-18/h3-12,14,16,23H,13,15H2,1-2H3,(H,30,33). The van der Waals surface area contributed by atoms with Crippen molar-refractivity contribution in [3.8, 4) is 34.0 Å². The van der Waals surface area contributed by atoms with E-state index in [0.717, 1.165) is 16.9 Å². The molecule has 0 radical (unpaired) electrons. The van der Waals surface area contributed by atoms with Gasteiger partial charge in [0.1, 0.15) is 35.5 Å². The molecule has 0 aliphatic rings. The SMILES string of the molecule is COc1ccc(CNc2nc3c(-c4cn(CC(F)F)nc4-c4ccccc4)ncnc3cc2OC)cc1. The van der Waals surface area contributed by atoms with Crippen molar-refractivity contribution in [3.05, 3.63) is 78.8 Å². The van der Waals surface area contributed by atoms with E-state index in [1.165, 1.54) is 11.0 Å². The number of pyridine rings is 1. The van der Waals surface area contributed by atoms with E-state index in [1.807, 2.05) is 54.6 Å². The van der Waals surface area contributed by atoms with Gasteiger partial charge in [0.05, 0.1) is 19.7 Å². The number of fused-ring (bicyclic) bond motifs is 1. The Bertz CT molecular complexity index is 1510. The number of hydrogen-bond donors (Lipinski definition) is 1. The molecule has 0 spiro atoms. The Balaban J connectivity index is 1.59. The molecule has 0 atom stereocenters. The van der Waals surface area contributed by atoms with Crippen LogP contribution in [0.25, 0.3) is 33.5 Å². The van der Waals surface area contributed by atoms with Crippen molar-refractivity contribution in [2.45, 2.75) is 19.5 Å². The van der Waals surface area contributed by atoms with Gasteiger partial charge in [-0.3, -0.25) is 4.68 Å². The normalized spacial score (nSPS) is 11.2. The van der Waals surface area contributed by atoms with Gasteiger partial charge in [0.25, 0.3) is 6.43 Å². The molecule has 37 heavy (non-hydrogen) atoms. The van der Waals surface area contributed by atoms with Crippen LogP contribution in [0.4, 0.5) is 14.6 Å². The molecular formula is C27H24F2N6O2. The van der Waals surface area contributed by atoms with E-state index < -0.39 is 13.0 Å². The number of methoxy groups -OCH3 is 2. The summed E-state index contributed by atoms with van der Waals surface area (Å²) in [5.74, 6) is 1.79. The largest absolute Gasteiger partial charge is 0.497 e. The van der Waals surface area contributed by atoms with Gasteiger partial charge in [-0.25, -0.2) is 23.7 Å². The van der Waals surface area contributed by atoms with Gasteiger partial charge >= 0.3 is 0 Å². The van der Waals surface area contributed by atoms with Crippen molar-refractivity contribution in [2.24, 2.45) is 0 Å². The first-order chi connectivity index (χ1) is 18.1. The summed E-state index contributed by atoms with van der Waals surface area (Å²) >= 11 is 0. The van der Waals surface area contributed by atoms with Gasteiger partial charge in [-0.2, -0.15) is 5.10 Å². The quantitative estimate of drug-likeness (QED) is 0.287. The van der Waals surface area contributed by atoms with Crippen molar-refractivity contribution < 1.29 is 18.3 Å². The van der Waals surface area contributed by atoms with Crippen LogP contribution >= 0.6 is 0 Å². The fourth-order valence-electron chi connectivity index (χ4n) is 4.02. The number of rotatable bonds is 9. The van der Waals surface area contributed by atoms with Crippen LogP contribution in [-0.4, -0.2) is 45.4 Å². The minimum Gasteiger partial charge on any atom is -0.497 e. The zero-order valence-electron chi connectivity index (χ0n) is 20.2. The summed E-state index contributed by atoms with van der Waals surface area (Å²) in [5.41, 5.74) is 4.45. The number of ether oxygens (including phenoxy) is 2. The number of aromatic nitrogens is 5. The molecule has 0 saturated carbocycles. The third-order valence-electron chi connectivity index (χ3n) is 5.80. The Kier molecular flexibility index (Phi) is 6.89. The van der Waals surface area contributed by atoms with Gasteiger partial charge in [-0.1, -0.05) is 42.5 Å². The average molecular weight is 503 g/mol. The van der Waals surface area contributed by atoms with E-state index >= 15 is 0 Å². The predicted molar refractivity (Wildman–Crippen MR) is 137 cm³/mol. The van der Waals surface area contributed by atoms with Gasteiger partial charge in [0.15, 0.2) is 11.6 Å². The average Bonchev–Trinajstić information content (AvgIpc) is 3.34. The lowest BCUT2D eigenvalue weighted by molar-refractivity contribution is 0.122. The summed E-state index contributed by atoms with van der Waals surface area (Å²) in [7, 11) is 3.18. The second-order valence-corrected chi connectivity index (χ2v) is 8.20. The summed E-state index contributed by atoms with van der Waals surface area (Å²) in [5, 5.41) is 7.76. The molecule has 8 nitrogen and oxygen atoms in total. The number of halogens is 2. The van der Waals surface area contributed by atoms with Crippen LogP contribution in [0.3, 0.4) is 0 Å². The topological polar surface area (TPSA) is 87.0 Å². The predicted octanol–water partition coefficient (Wildman–Crippen LogP) is 5.45. The monoisotopic (exact) mass is 502 g/mol. The molecule has 0 bridgehead atoms. The second-order valence-electron chi connectivity index (χ2n) is 8.20. The fraction of sp³-hybridized carbons (Fsp3) is 0.185. The molecule has 5 rings (SSSR count). The van der Waals surface area contributed by atoms with E-state index in [1.54, 1.807) is 26.5 Å². The molecular weight excluding hydrogens is 478 g/mol. The molecule has 10 heteroatoms. The van der Waals surface area contributed by atoms with Crippen molar-refractivity contribution >= 4 is 16.9 Å². The third kappa shape index (κ3) is 5.18. The molecule has 3 heterocycles. The first-order valence-corrected chi connectivity index (χ1v) is 11.5. The van der Waals surface area contributed by atoms with Crippen LogP contribution in [-0.2, 0) is 13.1 Å². The maximum atomic E-state index is 13.2. The molecule has 0 unspecified atom stereocenters. The van der Waals surface area contributed by atoms with Gasteiger partial charge in [-0.15, -0.1) is 0 Å². The van der Waals surface area contributed by atoms with E-state index in [9.17, 15) is 8.78 Å². The Morgan fingerprint density at radius 2 is 1.73 bits per heavy atom. The maximum Gasteiger partial charge on any atom is 0.257 e. The molecule has 0 aliphatic carbocycles. The maximum absolute atomic E-state index is 13.2. The van der Waals surface area contributed by atoms with Crippen LogP contribution in [0.15, 0.2) is 73.2 Å². The molecule has 188 valence electrons. The zero-order valence-corrected chi connectivity index (χ0v) is 20.2. The highest BCUT2D eigenvalue weighted by atomic mass is 19.3. The van der Waals surface area contributed by atoms with Crippen molar-refractivity contribution in [2.75, 3.05) is 19.5 Å². The van der Waals surface area contributed by atoms with E-state index in [4.69, 9.17) is 14.5 Å². The van der Waals surface area contributed by atoms with Crippen molar-refractivity contribution in [3.63, 3.8) is 0 Å². The Labute approximate surface area is 211 Å². The van der Waals surface area contributed by atoms with Crippen LogP contribution in [0, 0.1) is 0 Å². The number of nitrogens with one attached hydrogen (secondary N) is 1. The summed E-state index contributed by atoms with van der Waals surface area (Å²) in [4.78, 5) is 13.7. The number of nitrogens with zero attached hydrogens (tertiary/aromatic N) is 5. The lowest BCUT2D eigenvalue weighted by Gasteiger charge is -2.13. The first kappa shape index (κ1) is 24.1. The number of alkyl halides is 2. The van der Waals surface area contributed by atoms with Crippen LogP contribution < -0.4 is 14.8 Å². The lowest BCUT2D eigenvalue weighted by atomic mass is 10.0. The number of anilines is 1. The summed E-state index contributed by atoms with van der Waals surface area (Å²) in [6.45, 7) is -0.0394. The summed E-state index contributed by atoms with van der Waals surface area (Å²) < 4.78 is 38.4. The van der Waals surface area contributed by atoms with Crippen LogP contribution in [0.5, 0.6) is 11.5 Å². The first-order valence-electron chi connectivity index (χ1n) is 11.5. The van der Waals surface area contributed by atoms with E-state index in [2.05, 4.69) is 20.4 Å². The van der Waals surface area contributed by atoms with Crippen molar-refractivity contribution in [1.82, 2.24) is 24.7 Å². The Hall–Kier alpha value is -4.60. The number of benzene rings is 2. The highest BCUT2D eigenvalue weighted by Crippen LogP contribution is 2.35. The smallest absolute Gasteiger partial charge is 0.257 e. The summed E-state index contributed by atoms with van der Waals surface area (Å²) in [6.07, 6.45) is 0.449. The van der Waals surface area contributed by atoms with Gasteiger partial charge in [-0.05, 0) is 17.7 Å². The molecule has 0 fully saturated rings. The molecule has 0 aliphatic heterocycles. The number of hydrogen-bond acceptors (Lipinski definition) is 7. The minimum absolute atomic E-state index is 0.486. The molecule has 5 aromatic rings. The van der Waals surface area contributed by atoms with E-state index in [-0.39, 0.29) is 0 Å². The highest BCUT2D eigenvalue weighted by Gasteiger charge is 2.20. The molecule has 3 aromatic heterocycles. The Morgan fingerprint density at radius 1 is 0.946 bits per heavy atom. The fourth-order valence-corrected chi connectivity index (χ4v) is 4.02. The lowest BCUT2D eigenvalue weighted by Crippen LogP contribution is -2.06. The van der Waals surface area contributed by atoms with Crippen LogP contribution in [0.2, 0.25) is 0 Å². The zero-order chi connectivity index (χ0) is 25.8. The second kappa shape index (κ2) is 10.6. The van der Waals surface area contributed by atoms with Crippen LogP contribution in [0.1, 0.15) is 5.56 Å². The molecule has 0 saturated heterocycles. The Morgan fingerprint density at radius 3 is 2.43 bits per heavy atom. The van der Waals surface area contributed by atoms with Crippen molar-refractivity contribution in [1.29, 1.82) is 0 Å². The van der Waals surface area contributed by atoms with Gasteiger partial charge in [0.2, 0.25) is 0 Å². The van der Waals surface area contributed by atoms with Gasteiger partial charge < -0.3 is 14.8 Å². The highest BCUT2D eigenvalue weighted by molar-refractivity contribution is 5.94. The minimum atomic E-state index is -2.55.